The third-order valence-electron chi connectivity index (χ3n) is 4.97. The lowest BCUT2D eigenvalue weighted by molar-refractivity contribution is 0.0912. The number of benzene rings is 2. The van der Waals surface area contributed by atoms with Crippen LogP contribution in [0.25, 0.3) is 5.69 Å². The minimum absolute atomic E-state index is 0.0763. The van der Waals surface area contributed by atoms with E-state index in [2.05, 4.69) is 19.2 Å². The molecule has 0 saturated carbocycles. The lowest BCUT2D eigenvalue weighted by Gasteiger charge is -2.29. The van der Waals surface area contributed by atoms with E-state index in [4.69, 9.17) is 9.84 Å². The maximum atomic E-state index is 13.0. The van der Waals surface area contributed by atoms with Crippen molar-refractivity contribution in [1.29, 1.82) is 0 Å². The van der Waals surface area contributed by atoms with Gasteiger partial charge in [0, 0.05) is 12.1 Å². The lowest BCUT2D eigenvalue weighted by Crippen LogP contribution is -2.28. The van der Waals surface area contributed by atoms with Gasteiger partial charge in [0.1, 0.15) is 5.75 Å². The van der Waals surface area contributed by atoms with E-state index in [0.29, 0.717) is 24.4 Å². The average Bonchev–Trinajstić information content (AvgIpc) is 3.01. The Hall–Kier alpha value is -3.08. The van der Waals surface area contributed by atoms with E-state index in [1.165, 1.54) is 0 Å². The molecule has 2 aromatic carbocycles. The van der Waals surface area contributed by atoms with Gasteiger partial charge in [0.15, 0.2) is 11.6 Å². The maximum Gasteiger partial charge on any atom is 0.169 e. The van der Waals surface area contributed by atoms with Crippen LogP contribution in [-0.4, -0.2) is 22.2 Å². The summed E-state index contributed by atoms with van der Waals surface area (Å²) >= 11 is 0. The fourth-order valence-electron chi connectivity index (χ4n) is 3.76. The zero-order chi connectivity index (χ0) is 19.7. The van der Waals surface area contributed by atoms with Crippen molar-refractivity contribution < 1.29 is 9.53 Å². The normalized spacial score (nSPS) is 15.2. The van der Waals surface area contributed by atoms with Crippen molar-refractivity contribution in [2.24, 2.45) is 5.41 Å². The average molecular weight is 375 g/mol. The second kappa shape index (κ2) is 7.15. The van der Waals surface area contributed by atoms with Crippen molar-refractivity contribution in [2.45, 2.75) is 33.6 Å². The Bertz CT molecular complexity index is 989. The molecule has 4 rings (SSSR count). The van der Waals surface area contributed by atoms with Crippen LogP contribution in [0.2, 0.25) is 0 Å². The number of nitrogens with one attached hydrogen (secondary N) is 1. The Labute approximate surface area is 165 Å². The minimum Gasteiger partial charge on any atom is -0.494 e. The first-order valence-electron chi connectivity index (χ1n) is 9.67. The number of ether oxygens (including phenoxy) is 1. The molecule has 1 N–H and O–H groups in total. The fraction of sp³-hybridized carbons (Fsp3) is 0.304. The second-order valence-corrected chi connectivity index (χ2v) is 7.94. The molecule has 0 amide bonds. The van der Waals surface area contributed by atoms with E-state index in [0.717, 1.165) is 29.2 Å². The highest BCUT2D eigenvalue weighted by molar-refractivity contribution is 6.03. The summed E-state index contributed by atoms with van der Waals surface area (Å²) in [6.45, 7) is 6.86. The van der Waals surface area contributed by atoms with Gasteiger partial charge in [-0.1, -0.05) is 32.0 Å². The molecule has 1 aliphatic carbocycles. The Balaban J connectivity index is 1.76. The van der Waals surface area contributed by atoms with Crippen LogP contribution in [0.5, 0.6) is 5.75 Å². The predicted molar refractivity (Wildman–Crippen MR) is 111 cm³/mol. The van der Waals surface area contributed by atoms with Gasteiger partial charge in [0.2, 0.25) is 0 Å². The molecule has 144 valence electrons. The Morgan fingerprint density at radius 1 is 1.07 bits per heavy atom. The molecule has 0 fully saturated rings. The summed E-state index contributed by atoms with van der Waals surface area (Å²) in [5, 5.41) is 8.13. The molecule has 1 aromatic heterocycles. The molecule has 0 saturated heterocycles. The molecule has 0 bridgehead atoms. The van der Waals surface area contributed by atoms with E-state index in [1.54, 1.807) is 0 Å². The molecule has 0 spiro atoms. The van der Waals surface area contributed by atoms with Gasteiger partial charge in [-0.15, -0.1) is 5.10 Å². The van der Waals surface area contributed by atoms with Crippen molar-refractivity contribution in [3.05, 3.63) is 65.9 Å². The van der Waals surface area contributed by atoms with Crippen molar-refractivity contribution in [3.8, 4) is 11.4 Å². The van der Waals surface area contributed by atoms with Gasteiger partial charge < -0.3 is 10.1 Å². The van der Waals surface area contributed by atoms with Gasteiger partial charge in [-0.05, 0) is 55.2 Å². The molecule has 3 aromatic rings. The number of para-hydroxylation sites is 1. The van der Waals surface area contributed by atoms with E-state index in [-0.39, 0.29) is 11.2 Å². The van der Waals surface area contributed by atoms with E-state index >= 15 is 0 Å². The quantitative estimate of drug-likeness (QED) is 0.668. The second-order valence-electron chi connectivity index (χ2n) is 7.94. The zero-order valence-electron chi connectivity index (χ0n) is 16.5. The summed E-state index contributed by atoms with van der Waals surface area (Å²) in [7, 11) is 0. The van der Waals surface area contributed by atoms with Gasteiger partial charge >= 0.3 is 0 Å². The van der Waals surface area contributed by atoms with Crippen molar-refractivity contribution in [3.63, 3.8) is 0 Å². The van der Waals surface area contributed by atoms with Gasteiger partial charge in [-0.3, -0.25) is 4.79 Å². The van der Waals surface area contributed by atoms with E-state index in [1.807, 2.05) is 66.2 Å². The van der Waals surface area contributed by atoms with Crippen molar-refractivity contribution in [2.75, 3.05) is 11.9 Å². The first kappa shape index (κ1) is 18.3. The predicted octanol–water partition coefficient (Wildman–Crippen LogP) is 5.17. The SMILES string of the molecule is CCOc1ccc(Nc2nn(-c3ccccc3)c3c2C(=O)CC(C)(C)C3)cc1. The summed E-state index contributed by atoms with van der Waals surface area (Å²) in [5.41, 5.74) is 3.44. The van der Waals surface area contributed by atoms with Crippen LogP contribution in [0.3, 0.4) is 0 Å². The molecular weight excluding hydrogens is 350 g/mol. The number of Topliss-reactive ketones (excluding diaryl/α,β-unsaturated/α-hetero) is 1. The number of nitrogens with zero attached hydrogens (tertiary/aromatic N) is 2. The van der Waals surface area contributed by atoms with E-state index < -0.39 is 0 Å². The molecule has 0 unspecified atom stereocenters. The summed E-state index contributed by atoms with van der Waals surface area (Å²) in [4.78, 5) is 13.0. The van der Waals surface area contributed by atoms with Crippen molar-refractivity contribution in [1.82, 2.24) is 9.78 Å². The van der Waals surface area contributed by atoms with Gasteiger partial charge in [-0.2, -0.15) is 0 Å². The van der Waals surface area contributed by atoms with Crippen LogP contribution >= 0.6 is 0 Å². The summed E-state index contributed by atoms with van der Waals surface area (Å²) in [5.74, 6) is 1.58. The minimum atomic E-state index is -0.0763. The number of fused-ring (bicyclic) bond motifs is 1. The molecule has 28 heavy (non-hydrogen) atoms. The third-order valence-corrected chi connectivity index (χ3v) is 4.97. The zero-order valence-corrected chi connectivity index (χ0v) is 16.5. The van der Waals surface area contributed by atoms with E-state index in [9.17, 15) is 4.79 Å². The van der Waals surface area contributed by atoms with Crippen LogP contribution < -0.4 is 10.1 Å². The number of rotatable bonds is 5. The highest BCUT2D eigenvalue weighted by Gasteiger charge is 2.36. The Kier molecular flexibility index (Phi) is 4.67. The first-order valence-corrected chi connectivity index (χ1v) is 9.67. The lowest BCUT2D eigenvalue weighted by atomic mass is 9.76. The number of aromatic nitrogens is 2. The van der Waals surface area contributed by atoms with Crippen LogP contribution in [-0.2, 0) is 6.42 Å². The smallest absolute Gasteiger partial charge is 0.169 e. The van der Waals surface area contributed by atoms with Gasteiger partial charge in [0.05, 0.1) is 23.6 Å². The van der Waals surface area contributed by atoms with Crippen LogP contribution in [0.4, 0.5) is 11.5 Å². The number of hydrogen-bond donors (Lipinski definition) is 1. The topological polar surface area (TPSA) is 56.1 Å². The standard InChI is InChI=1S/C23H25N3O2/c1-4-28-18-12-10-16(11-13-18)24-22-21-19(14-23(2,3)15-20(21)27)26(25-22)17-8-6-5-7-9-17/h5-13H,4,14-15H2,1-3H3,(H,24,25). The molecule has 0 aliphatic heterocycles. The molecule has 0 radical (unpaired) electrons. The molecule has 5 nitrogen and oxygen atoms in total. The Morgan fingerprint density at radius 3 is 2.46 bits per heavy atom. The summed E-state index contributed by atoms with van der Waals surface area (Å²) in [6, 6.07) is 17.7. The van der Waals surface area contributed by atoms with Crippen LogP contribution in [0.15, 0.2) is 54.6 Å². The molecule has 1 heterocycles. The maximum absolute atomic E-state index is 13.0. The fourth-order valence-corrected chi connectivity index (χ4v) is 3.76. The summed E-state index contributed by atoms with van der Waals surface area (Å²) in [6.07, 6.45) is 1.33. The van der Waals surface area contributed by atoms with Gasteiger partial charge in [0.25, 0.3) is 0 Å². The number of anilines is 2. The monoisotopic (exact) mass is 375 g/mol. The Morgan fingerprint density at radius 2 is 1.79 bits per heavy atom. The molecular formula is C23H25N3O2. The van der Waals surface area contributed by atoms with Crippen LogP contribution in [0, 0.1) is 5.41 Å². The third kappa shape index (κ3) is 3.52. The number of hydrogen-bond acceptors (Lipinski definition) is 4. The molecule has 0 atom stereocenters. The first-order chi connectivity index (χ1) is 13.5. The molecule has 5 heteroatoms. The summed E-state index contributed by atoms with van der Waals surface area (Å²) < 4.78 is 7.41. The number of ketones is 1. The highest BCUT2D eigenvalue weighted by Crippen LogP contribution is 2.39. The molecule has 1 aliphatic rings. The largest absolute Gasteiger partial charge is 0.494 e. The highest BCUT2D eigenvalue weighted by atomic mass is 16.5. The van der Waals surface area contributed by atoms with Crippen LogP contribution in [0.1, 0.15) is 43.2 Å². The number of carbonyl (C=O) groups is 1. The number of carbonyl (C=O) groups excluding carboxylic acids is 1. The van der Waals surface area contributed by atoms with Crippen molar-refractivity contribution >= 4 is 17.3 Å². The van der Waals surface area contributed by atoms with Gasteiger partial charge in [-0.25, -0.2) is 4.68 Å².